The van der Waals surface area contributed by atoms with Crippen molar-refractivity contribution in [1.82, 2.24) is 25.0 Å². The quantitative estimate of drug-likeness (QED) is 0.340. The topological polar surface area (TPSA) is 89.0 Å². The van der Waals surface area contributed by atoms with Crippen LogP contribution in [0.3, 0.4) is 0 Å². The van der Waals surface area contributed by atoms with Gasteiger partial charge in [0.25, 0.3) is 0 Å². The zero-order valence-corrected chi connectivity index (χ0v) is 31.2. The van der Waals surface area contributed by atoms with Gasteiger partial charge in [-0.3, -0.25) is 24.8 Å². The summed E-state index contributed by atoms with van der Waals surface area (Å²) in [6.07, 6.45) is 17.6. The summed E-state index contributed by atoms with van der Waals surface area (Å²) in [6.45, 7) is 13.9. The van der Waals surface area contributed by atoms with Crippen LogP contribution in [0.1, 0.15) is 129 Å². The number of amides is 2. The van der Waals surface area contributed by atoms with Crippen LogP contribution in [0.2, 0.25) is 0 Å². The van der Waals surface area contributed by atoms with Gasteiger partial charge in [0.1, 0.15) is 6.17 Å². The maximum atomic E-state index is 13.3. The highest BCUT2D eigenvalue weighted by atomic mass is 16.2. The lowest BCUT2D eigenvalue weighted by Gasteiger charge is -2.60. The zero-order valence-electron chi connectivity index (χ0n) is 31.2. The summed E-state index contributed by atoms with van der Waals surface area (Å²) in [5.74, 6) is 5.16. The Hall–Kier alpha value is -2.03. The highest BCUT2D eigenvalue weighted by Gasteiger charge is 2.59. The van der Waals surface area contributed by atoms with Gasteiger partial charge >= 0.3 is 0 Å². The van der Waals surface area contributed by atoms with Crippen LogP contribution in [-0.2, 0) is 16.1 Å². The van der Waals surface area contributed by atoms with Crippen molar-refractivity contribution in [3.8, 4) is 0 Å². The molecule has 8 heteroatoms. The number of rotatable bonds is 7. The van der Waals surface area contributed by atoms with Gasteiger partial charge in [0, 0.05) is 53.3 Å². The lowest BCUT2D eigenvalue weighted by Crippen LogP contribution is -2.52. The summed E-state index contributed by atoms with van der Waals surface area (Å²) < 4.78 is 0. The Balaban J connectivity index is 0.00000109. The SMILES string of the molecule is CC.CN1C(=O)CNC1c1cccc(CN2CCN(C(=O)CCCC3CCC4C5CCC6CCCC[C@]6(C)C5CCC34C)CC2)n1.CO. The first-order valence-corrected chi connectivity index (χ1v) is 19.7. The normalized spacial score (nSPS) is 36.2. The second kappa shape index (κ2) is 16.3. The smallest absolute Gasteiger partial charge is 0.237 e. The van der Waals surface area contributed by atoms with Gasteiger partial charge in [-0.25, -0.2) is 0 Å². The Kier molecular flexibility index (Phi) is 12.7. The summed E-state index contributed by atoms with van der Waals surface area (Å²) in [4.78, 5) is 36.3. The largest absolute Gasteiger partial charge is 0.400 e. The number of likely N-dealkylation sites (N-methyl/N-ethyl adjacent to an activating group) is 1. The number of aromatic nitrogens is 1. The van der Waals surface area contributed by atoms with Crippen molar-refractivity contribution >= 4 is 11.8 Å². The van der Waals surface area contributed by atoms with Crippen LogP contribution in [0.15, 0.2) is 18.2 Å². The average molecular weight is 666 g/mol. The minimum atomic E-state index is -0.148. The molecule has 0 aromatic carbocycles. The molecule has 6 aliphatic rings. The second-order valence-electron chi connectivity index (χ2n) is 16.1. The van der Waals surface area contributed by atoms with Crippen molar-refractivity contribution in [2.75, 3.05) is 46.9 Å². The van der Waals surface area contributed by atoms with Crippen molar-refractivity contribution in [2.45, 2.75) is 124 Å². The van der Waals surface area contributed by atoms with E-state index < -0.39 is 0 Å². The van der Waals surface area contributed by atoms with Gasteiger partial charge in [0.2, 0.25) is 11.8 Å². The minimum Gasteiger partial charge on any atom is -0.400 e. The van der Waals surface area contributed by atoms with Gasteiger partial charge in [0.05, 0.1) is 17.9 Å². The van der Waals surface area contributed by atoms with E-state index in [1.54, 1.807) is 4.90 Å². The Morgan fingerprint density at radius 3 is 2.42 bits per heavy atom. The molecule has 7 rings (SSSR count). The van der Waals surface area contributed by atoms with Crippen molar-refractivity contribution in [1.29, 1.82) is 0 Å². The summed E-state index contributed by atoms with van der Waals surface area (Å²) in [7, 11) is 2.83. The molecule has 1 aromatic heterocycles. The lowest BCUT2D eigenvalue weighted by atomic mass is 9.45. The van der Waals surface area contributed by atoms with Crippen LogP contribution < -0.4 is 5.32 Å². The molecule has 4 saturated carbocycles. The van der Waals surface area contributed by atoms with Crippen LogP contribution in [0, 0.1) is 40.4 Å². The van der Waals surface area contributed by atoms with Crippen molar-refractivity contribution in [2.24, 2.45) is 40.4 Å². The number of piperazine rings is 1. The van der Waals surface area contributed by atoms with E-state index in [4.69, 9.17) is 10.1 Å². The van der Waals surface area contributed by atoms with Crippen molar-refractivity contribution < 1.29 is 14.7 Å². The standard InChI is InChI=1S/C37H57N5O2.C2H6.CH4O/c1-36-18-5-4-8-26(36)13-15-29-30-16-14-27(37(30,2)19-17-31(29)36)9-6-12-33(43)42-22-20-41(21-23-42)25-28-10-7-11-32(39-28)35-38-24-34(44)40(35)3;2*1-2/h7,10-11,26-27,29-31,35,38H,4-6,8-9,12-25H2,1-3H3;1-2H3;2H,1H3/t26?,27?,29?,30?,31?,35?,36-,37?;;/m0../s1. The number of carbonyl (C=O) groups is 2. The molecule has 8 atom stereocenters. The van der Waals surface area contributed by atoms with E-state index >= 15 is 0 Å². The molecule has 4 aliphatic carbocycles. The van der Waals surface area contributed by atoms with E-state index in [1.807, 2.05) is 33.0 Å². The van der Waals surface area contributed by atoms with Crippen molar-refractivity contribution in [3.63, 3.8) is 0 Å². The summed E-state index contributed by atoms with van der Waals surface area (Å²) in [5, 5.41) is 10.2. The lowest BCUT2D eigenvalue weighted by molar-refractivity contribution is -0.133. The first-order valence-electron chi connectivity index (χ1n) is 19.7. The molecule has 0 radical (unpaired) electrons. The third kappa shape index (κ3) is 7.37. The zero-order chi connectivity index (χ0) is 34.5. The monoisotopic (exact) mass is 666 g/mol. The van der Waals surface area contributed by atoms with Crippen molar-refractivity contribution in [3.05, 3.63) is 29.6 Å². The van der Waals surface area contributed by atoms with Gasteiger partial charge in [0.15, 0.2) is 0 Å². The van der Waals surface area contributed by atoms with Crippen LogP contribution in [0.4, 0.5) is 0 Å². The first kappa shape index (κ1) is 37.2. The van der Waals surface area contributed by atoms with Crippen LogP contribution in [0.25, 0.3) is 0 Å². The molecule has 3 heterocycles. The molecular formula is C40H67N5O3. The predicted octanol–water partition coefficient (Wildman–Crippen LogP) is 6.64. The Bertz CT molecular complexity index is 1220. The second-order valence-corrected chi connectivity index (χ2v) is 16.1. The van der Waals surface area contributed by atoms with Gasteiger partial charge in [-0.05, 0) is 117 Å². The summed E-state index contributed by atoms with van der Waals surface area (Å²) >= 11 is 0. The van der Waals surface area contributed by atoms with Gasteiger partial charge in [-0.15, -0.1) is 0 Å². The van der Waals surface area contributed by atoms with E-state index in [-0.39, 0.29) is 12.1 Å². The number of aliphatic hydroxyl groups excluding tert-OH is 1. The molecule has 2 saturated heterocycles. The van der Waals surface area contributed by atoms with Gasteiger partial charge < -0.3 is 14.9 Å². The molecule has 0 spiro atoms. The summed E-state index contributed by atoms with van der Waals surface area (Å²) in [5.41, 5.74) is 3.06. The number of nitrogens with zero attached hydrogens (tertiary/aromatic N) is 4. The fraction of sp³-hybridized carbons (Fsp3) is 0.825. The van der Waals surface area contributed by atoms with Gasteiger partial charge in [-0.2, -0.15) is 0 Å². The molecule has 0 bridgehead atoms. The first-order chi connectivity index (χ1) is 23.3. The number of pyridine rings is 1. The molecule has 7 unspecified atom stereocenters. The highest BCUT2D eigenvalue weighted by molar-refractivity contribution is 5.80. The fourth-order valence-corrected chi connectivity index (χ4v) is 11.6. The summed E-state index contributed by atoms with van der Waals surface area (Å²) in [6, 6.07) is 6.10. The molecule has 2 N–H and O–H groups in total. The molecule has 48 heavy (non-hydrogen) atoms. The van der Waals surface area contributed by atoms with E-state index in [1.165, 1.54) is 70.6 Å². The van der Waals surface area contributed by atoms with Crippen LogP contribution in [0.5, 0.6) is 0 Å². The number of hydrogen-bond donors (Lipinski definition) is 2. The molecular weight excluding hydrogens is 598 g/mol. The third-order valence-electron chi connectivity index (χ3n) is 14.2. The minimum absolute atomic E-state index is 0.0998. The Morgan fingerprint density at radius 2 is 1.69 bits per heavy atom. The van der Waals surface area contributed by atoms with Crippen LogP contribution in [-0.4, -0.2) is 83.5 Å². The predicted molar refractivity (Wildman–Crippen MR) is 193 cm³/mol. The molecule has 2 amide bonds. The number of hydrogen-bond acceptors (Lipinski definition) is 6. The highest BCUT2D eigenvalue weighted by Crippen LogP contribution is 2.67. The maximum absolute atomic E-state index is 13.3. The number of aliphatic hydroxyl groups is 1. The van der Waals surface area contributed by atoms with E-state index in [0.717, 1.165) is 87.2 Å². The Labute approximate surface area is 291 Å². The molecule has 8 nitrogen and oxygen atoms in total. The molecule has 270 valence electrons. The maximum Gasteiger partial charge on any atom is 0.237 e. The molecule has 6 fully saturated rings. The average Bonchev–Trinajstić information content (AvgIpc) is 3.64. The van der Waals surface area contributed by atoms with E-state index in [9.17, 15) is 9.59 Å². The van der Waals surface area contributed by atoms with E-state index in [2.05, 4.69) is 35.0 Å². The molecule has 2 aliphatic heterocycles. The fourth-order valence-electron chi connectivity index (χ4n) is 11.6. The number of nitrogens with one attached hydrogen (secondary N) is 1. The number of fused-ring (bicyclic) bond motifs is 5. The third-order valence-corrected chi connectivity index (χ3v) is 14.2. The Morgan fingerprint density at radius 1 is 0.938 bits per heavy atom. The number of carbonyl (C=O) groups excluding carboxylic acids is 2. The van der Waals surface area contributed by atoms with Crippen LogP contribution >= 0.6 is 0 Å². The van der Waals surface area contributed by atoms with Gasteiger partial charge in [-0.1, -0.05) is 46.6 Å². The molecule has 1 aromatic rings. The van der Waals surface area contributed by atoms with E-state index in [0.29, 0.717) is 29.7 Å².